The van der Waals surface area contributed by atoms with Gasteiger partial charge in [0.05, 0.1) is 7.11 Å². The zero-order valence-electron chi connectivity index (χ0n) is 14.0. The number of methoxy groups -OCH3 is 1. The summed E-state index contributed by atoms with van der Waals surface area (Å²) >= 11 is 0. The molecule has 3 aromatic rings. The molecule has 1 atom stereocenters. The van der Waals surface area contributed by atoms with E-state index in [-0.39, 0.29) is 17.7 Å². The monoisotopic (exact) mass is 354 g/mol. The van der Waals surface area contributed by atoms with Crippen molar-refractivity contribution in [3.63, 3.8) is 0 Å². The molecule has 0 aliphatic carbocycles. The van der Waals surface area contributed by atoms with Crippen molar-refractivity contribution in [2.75, 3.05) is 7.11 Å². The third kappa shape index (κ3) is 3.46. The number of esters is 1. The predicted octanol–water partition coefficient (Wildman–Crippen LogP) is 2.09. The third-order valence-corrected chi connectivity index (χ3v) is 4.13. The van der Waals surface area contributed by atoms with Crippen molar-refractivity contribution >= 4 is 22.8 Å². The molecule has 0 radical (unpaired) electrons. The van der Waals surface area contributed by atoms with Crippen molar-refractivity contribution in [1.29, 1.82) is 0 Å². The Morgan fingerprint density at radius 2 is 1.92 bits per heavy atom. The number of rotatable bonds is 5. The average Bonchev–Trinajstić information content (AvgIpc) is 3.05. The van der Waals surface area contributed by atoms with Crippen LogP contribution in [0.25, 0.3) is 10.9 Å². The molecule has 0 spiro atoms. The van der Waals surface area contributed by atoms with Crippen LogP contribution in [0.2, 0.25) is 0 Å². The lowest BCUT2D eigenvalue weighted by Gasteiger charge is -2.16. The second-order valence-electron chi connectivity index (χ2n) is 5.82. The Morgan fingerprint density at radius 1 is 1.15 bits per heavy atom. The second kappa shape index (κ2) is 7.18. The van der Waals surface area contributed by atoms with Crippen LogP contribution in [-0.4, -0.2) is 40.2 Å². The Balaban J connectivity index is 1.83. The maximum Gasteiger partial charge on any atom is 0.328 e. The van der Waals surface area contributed by atoms with Crippen LogP contribution in [0.3, 0.4) is 0 Å². The first-order chi connectivity index (χ1) is 12.5. The zero-order chi connectivity index (χ0) is 18.7. The van der Waals surface area contributed by atoms with E-state index in [1.165, 1.54) is 19.2 Å². The standard InChI is InChI=1S/C19H18N2O5/c1-26-19(25)15(8-12-10-20-14-5-3-2-4-13(12)14)21-18(24)11-6-7-16(22)17(23)9-11/h2-7,9-10,15,20,22-23H,8H2,1H3,(H,21,24). The fourth-order valence-electron chi connectivity index (χ4n) is 2.76. The SMILES string of the molecule is COC(=O)C(Cc1c[nH]c2ccccc12)NC(=O)c1ccc(O)c(O)c1. The predicted molar refractivity (Wildman–Crippen MR) is 95.0 cm³/mol. The highest BCUT2D eigenvalue weighted by atomic mass is 16.5. The highest BCUT2D eigenvalue weighted by Crippen LogP contribution is 2.25. The molecule has 1 amide bonds. The summed E-state index contributed by atoms with van der Waals surface area (Å²) in [6, 6.07) is 10.4. The molecule has 0 saturated carbocycles. The van der Waals surface area contributed by atoms with Gasteiger partial charge in [-0.2, -0.15) is 0 Å². The zero-order valence-corrected chi connectivity index (χ0v) is 14.0. The van der Waals surface area contributed by atoms with Crippen molar-refractivity contribution in [1.82, 2.24) is 10.3 Å². The first kappa shape index (κ1) is 17.3. The number of phenols is 2. The number of aromatic hydroxyl groups is 2. The number of carbonyl (C=O) groups excluding carboxylic acids is 2. The molecule has 7 nitrogen and oxygen atoms in total. The molecule has 3 rings (SSSR count). The minimum atomic E-state index is -0.900. The number of hydrogen-bond acceptors (Lipinski definition) is 5. The van der Waals surface area contributed by atoms with E-state index in [1.807, 2.05) is 24.3 Å². The molecule has 1 unspecified atom stereocenters. The maximum atomic E-state index is 12.4. The summed E-state index contributed by atoms with van der Waals surface area (Å²) in [5.74, 6) is -1.88. The van der Waals surface area contributed by atoms with Crippen LogP contribution >= 0.6 is 0 Å². The highest BCUT2D eigenvalue weighted by molar-refractivity contribution is 5.97. The van der Waals surface area contributed by atoms with E-state index >= 15 is 0 Å². The number of ether oxygens (including phenoxy) is 1. The smallest absolute Gasteiger partial charge is 0.328 e. The largest absolute Gasteiger partial charge is 0.504 e. The van der Waals surface area contributed by atoms with Crippen LogP contribution in [0.15, 0.2) is 48.7 Å². The number of carbonyl (C=O) groups is 2. The molecule has 0 aliphatic heterocycles. The van der Waals surface area contributed by atoms with E-state index in [2.05, 4.69) is 10.3 Å². The average molecular weight is 354 g/mol. The third-order valence-electron chi connectivity index (χ3n) is 4.13. The molecule has 7 heteroatoms. The van der Waals surface area contributed by atoms with Crippen molar-refractivity contribution in [3.8, 4) is 11.5 Å². The van der Waals surface area contributed by atoms with Crippen molar-refractivity contribution in [2.24, 2.45) is 0 Å². The summed E-state index contributed by atoms with van der Waals surface area (Å²) < 4.78 is 4.80. The first-order valence-corrected chi connectivity index (χ1v) is 7.95. The Morgan fingerprint density at radius 3 is 2.65 bits per heavy atom. The number of aromatic nitrogens is 1. The number of aromatic amines is 1. The normalized spacial score (nSPS) is 11.9. The van der Waals surface area contributed by atoms with Crippen molar-refractivity contribution < 1.29 is 24.5 Å². The molecule has 4 N–H and O–H groups in total. The lowest BCUT2D eigenvalue weighted by atomic mass is 10.0. The van der Waals surface area contributed by atoms with Crippen LogP contribution in [0.5, 0.6) is 11.5 Å². The number of H-pyrrole nitrogens is 1. The number of hydrogen-bond donors (Lipinski definition) is 4. The minimum Gasteiger partial charge on any atom is -0.504 e. The summed E-state index contributed by atoms with van der Waals surface area (Å²) in [4.78, 5) is 27.7. The van der Waals surface area contributed by atoms with E-state index in [0.717, 1.165) is 22.5 Å². The van der Waals surface area contributed by atoms with E-state index in [9.17, 15) is 19.8 Å². The minimum absolute atomic E-state index is 0.119. The van der Waals surface area contributed by atoms with Crippen molar-refractivity contribution in [3.05, 3.63) is 59.8 Å². The van der Waals surface area contributed by atoms with E-state index < -0.39 is 23.7 Å². The summed E-state index contributed by atoms with van der Waals surface area (Å²) in [7, 11) is 1.25. The van der Waals surface area contributed by atoms with Crippen LogP contribution < -0.4 is 5.32 Å². The summed E-state index contributed by atoms with van der Waals surface area (Å²) in [5, 5.41) is 22.5. The molecular formula is C19H18N2O5. The molecule has 134 valence electrons. The van der Waals surface area contributed by atoms with Crippen LogP contribution in [0.1, 0.15) is 15.9 Å². The van der Waals surface area contributed by atoms with Crippen LogP contribution in [0.4, 0.5) is 0 Å². The molecule has 1 aromatic heterocycles. The molecular weight excluding hydrogens is 336 g/mol. The molecule has 1 heterocycles. The van der Waals surface area contributed by atoms with E-state index in [1.54, 1.807) is 6.20 Å². The fourth-order valence-corrected chi connectivity index (χ4v) is 2.76. The molecule has 0 aliphatic rings. The quantitative estimate of drug-likeness (QED) is 0.414. The number of phenolic OH excluding ortho intramolecular Hbond substituents is 2. The number of nitrogens with one attached hydrogen (secondary N) is 2. The first-order valence-electron chi connectivity index (χ1n) is 7.95. The Hall–Kier alpha value is -3.48. The van der Waals surface area contributed by atoms with Gasteiger partial charge in [-0.3, -0.25) is 4.79 Å². The van der Waals surface area contributed by atoms with Gasteiger partial charge in [-0.25, -0.2) is 4.79 Å². The Labute approximate surface area is 149 Å². The van der Waals surface area contributed by atoms with Crippen molar-refractivity contribution in [2.45, 2.75) is 12.5 Å². The molecule has 0 fully saturated rings. The van der Waals surface area contributed by atoms with Gasteiger partial charge in [0.15, 0.2) is 11.5 Å². The topological polar surface area (TPSA) is 112 Å². The second-order valence-corrected chi connectivity index (χ2v) is 5.82. The van der Waals surface area contributed by atoms with Gasteiger partial charge in [0, 0.05) is 29.1 Å². The van der Waals surface area contributed by atoms with Gasteiger partial charge < -0.3 is 25.3 Å². The van der Waals surface area contributed by atoms with Gasteiger partial charge in [-0.15, -0.1) is 0 Å². The van der Waals surface area contributed by atoms with Gasteiger partial charge in [-0.05, 0) is 29.8 Å². The molecule has 2 aromatic carbocycles. The number of fused-ring (bicyclic) bond motifs is 1. The summed E-state index contributed by atoms with van der Waals surface area (Å²) in [6.07, 6.45) is 2.03. The lowest BCUT2D eigenvalue weighted by molar-refractivity contribution is -0.142. The fraction of sp³-hybridized carbons (Fsp3) is 0.158. The van der Waals surface area contributed by atoms with E-state index in [0.29, 0.717) is 0 Å². The van der Waals surface area contributed by atoms with Gasteiger partial charge in [-0.1, -0.05) is 18.2 Å². The van der Waals surface area contributed by atoms with Crippen LogP contribution in [0, 0.1) is 0 Å². The Kier molecular flexibility index (Phi) is 4.79. The molecule has 0 saturated heterocycles. The highest BCUT2D eigenvalue weighted by Gasteiger charge is 2.24. The number of amides is 1. The van der Waals surface area contributed by atoms with Gasteiger partial charge in [0.25, 0.3) is 5.91 Å². The molecule has 0 bridgehead atoms. The number of para-hydroxylation sites is 1. The summed E-state index contributed by atoms with van der Waals surface area (Å²) in [5.41, 5.74) is 1.92. The number of benzene rings is 2. The van der Waals surface area contributed by atoms with Gasteiger partial charge in [0.2, 0.25) is 0 Å². The summed E-state index contributed by atoms with van der Waals surface area (Å²) in [6.45, 7) is 0. The van der Waals surface area contributed by atoms with E-state index in [4.69, 9.17) is 4.74 Å². The lowest BCUT2D eigenvalue weighted by Crippen LogP contribution is -2.43. The van der Waals surface area contributed by atoms with Gasteiger partial charge in [0.1, 0.15) is 6.04 Å². The Bertz CT molecular complexity index is 963. The molecule has 26 heavy (non-hydrogen) atoms. The van der Waals surface area contributed by atoms with Gasteiger partial charge >= 0.3 is 5.97 Å². The maximum absolute atomic E-state index is 12.4. The van der Waals surface area contributed by atoms with Crippen LogP contribution in [-0.2, 0) is 16.0 Å².